The Labute approximate surface area is 180 Å². The van der Waals surface area contributed by atoms with Crippen LogP contribution in [0.4, 0.5) is 11.5 Å². The van der Waals surface area contributed by atoms with Crippen molar-refractivity contribution in [2.24, 2.45) is 0 Å². The maximum Gasteiger partial charge on any atom is 0.213 e. The fourth-order valence-corrected chi connectivity index (χ4v) is 5.27. The van der Waals surface area contributed by atoms with Gasteiger partial charge in [0.1, 0.15) is 22.7 Å². The van der Waals surface area contributed by atoms with Crippen LogP contribution in [0.3, 0.4) is 0 Å². The van der Waals surface area contributed by atoms with E-state index in [0.717, 1.165) is 57.9 Å². The number of hydrogen-bond donors (Lipinski definition) is 2. The largest absolute Gasteiger partial charge is 0.494 e. The van der Waals surface area contributed by atoms with Crippen molar-refractivity contribution in [1.82, 2.24) is 35.2 Å². The lowest BCUT2D eigenvalue weighted by molar-refractivity contribution is 0.239. The van der Waals surface area contributed by atoms with Gasteiger partial charge in [0.2, 0.25) is 6.39 Å². The Bertz CT molecular complexity index is 1380. The van der Waals surface area contributed by atoms with Gasteiger partial charge in [-0.3, -0.25) is 10.00 Å². The van der Waals surface area contributed by atoms with Crippen LogP contribution < -0.4 is 10.1 Å². The Morgan fingerprint density at radius 2 is 2.26 bits per heavy atom. The highest BCUT2D eigenvalue weighted by Crippen LogP contribution is 2.39. The van der Waals surface area contributed by atoms with Crippen LogP contribution in [0.25, 0.3) is 21.1 Å². The highest BCUT2D eigenvalue weighted by molar-refractivity contribution is 7.19. The fraction of sp³-hybridized carbons (Fsp3) is 0.250. The third-order valence-electron chi connectivity index (χ3n) is 5.50. The van der Waals surface area contributed by atoms with Crippen molar-refractivity contribution in [3.05, 3.63) is 47.3 Å². The summed E-state index contributed by atoms with van der Waals surface area (Å²) in [5.74, 6) is 2.21. The number of ether oxygens (including phenoxy) is 1. The molecule has 156 valence electrons. The molecular formula is C20H18N8O2S. The van der Waals surface area contributed by atoms with Crippen LogP contribution in [0.5, 0.6) is 5.75 Å². The number of H-pyrrole nitrogens is 1. The van der Waals surface area contributed by atoms with Crippen LogP contribution in [-0.2, 0) is 19.5 Å². The summed E-state index contributed by atoms with van der Waals surface area (Å²) in [5.41, 5.74) is 3.06. The maximum atomic E-state index is 5.59. The molecule has 0 fully saturated rings. The van der Waals surface area contributed by atoms with Crippen molar-refractivity contribution in [1.29, 1.82) is 0 Å². The van der Waals surface area contributed by atoms with E-state index in [1.807, 2.05) is 12.1 Å². The maximum absolute atomic E-state index is 5.59. The van der Waals surface area contributed by atoms with E-state index in [-0.39, 0.29) is 0 Å². The first-order valence-corrected chi connectivity index (χ1v) is 10.6. The van der Waals surface area contributed by atoms with Gasteiger partial charge < -0.3 is 14.6 Å². The smallest absolute Gasteiger partial charge is 0.213 e. The normalized spacial score (nSPS) is 14.2. The number of nitrogens with one attached hydrogen (secondary N) is 2. The number of aromatic amines is 1. The van der Waals surface area contributed by atoms with Gasteiger partial charge in [0, 0.05) is 29.4 Å². The average Bonchev–Trinajstić information content (AvgIpc) is 3.52. The first-order valence-electron chi connectivity index (χ1n) is 9.79. The number of rotatable bonds is 5. The molecule has 0 unspecified atom stereocenters. The number of thiophene rings is 1. The predicted octanol–water partition coefficient (Wildman–Crippen LogP) is 3.26. The summed E-state index contributed by atoms with van der Waals surface area (Å²) in [5, 5.41) is 16.6. The summed E-state index contributed by atoms with van der Waals surface area (Å²) >= 11 is 1.71. The number of anilines is 2. The highest BCUT2D eigenvalue weighted by Gasteiger charge is 2.25. The van der Waals surface area contributed by atoms with Gasteiger partial charge in [0.25, 0.3) is 0 Å². The summed E-state index contributed by atoms with van der Waals surface area (Å²) in [6.45, 7) is 2.41. The molecule has 1 aromatic carbocycles. The molecular weight excluding hydrogens is 416 g/mol. The summed E-state index contributed by atoms with van der Waals surface area (Å²) < 4.78 is 10.4. The highest BCUT2D eigenvalue weighted by atomic mass is 32.1. The number of hydrogen-bond acceptors (Lipinski definition) is 10. The van der Waals surface area contributed by atoms with Crippen molar-refractivity contribution in [3.63, 3.8) is 0 Å². The van der Waals surface area contributed by atoms with Crippen molar-refractivity contribution in [2.45, 2.75) is 19.5 Å². The van der Waals surface area contributed by atoms with Gasteiger partial charge in [-0.1, -0.05) is 5.16 Å². The quantitative estimate of drug-likeness (QED) is 0.430. The molecule has 6 rings (SSSR count). The number of aromatic nitrogens is 6. The van der Waals surface area contributed by atoms with Crippen molar-refractivity contribution in [2.75, 3.05) is 19.0 Å². The zero-order valence-electron chi connectivity index (χ0n) is 16.6. The first-order chi connectivity index (χ1) is 15.3. The molecule has 0 saturated heterocycles. The molecule has 10 nitrogen and oxygen atoms in total. The number of methoxy groups -OCH3 is 1. The third-order valence-corrected chi connectivity index (χ3v) is 6.63. The summed E-state index contributed by atoms with van der Waals surface area (Å²) in [7, 11) is 1.66. The van der Waals surface area contributed by atoms with Crippen LogP contribution >= 0.6 is 11.3 Å². The Morgan fingerprint density at radius 1 is 1.29 bits per heavy atom. The van der Waals surface area contributed by atoms with E-state index in [0.29, 0.717) is 12.4 Å². The van der Waals surface area contributed by atoms with Crippen molar-refractivity contribution in [3.8, 4) is 5.75 Å². The van der Waals surface area contributed by atoms with Crippen LogP contribution in [-0.4, -0.2) is 48.9 Å². The van der Waals surface area contributed by atoms with Gasteiger partial charge in [-0.05, 0) is 18.1 Å². The van der Waals surface area contributed by atoms with E-state index < -0.39 is 0 Å². The Balaban J connectivity index is 1.36. The summed E-state index contributed by atoms with van der Waals surface area (Å²) in [6, 6.07) is 3.94. The molecule has 2 N–H and O–H groups in total. The van der Waals surface area contributed by atoms with E-state index in [1.54, 1.807) is 31.0 Å². The van der Waals surface area contributed by atoms with E-state index in [4.69, 9.17) is 9.26 Å². The minimum Gasteiger partial charge on any atom is -0.494 e. The topological polar surface area (TPSA) is 118 Å². The minimum absolute atomic E-state index is 0.670. The zero-order chi connectivity index (χ0) is 20.8. The van der Waals surface area contributed by atoms with Crippen LogP contribution in [0, 0.1) is 0 Å². The lowest BCUT2D eigenvalue weighted by Crippen LogP contribution is -2.29. The molecule has 31 heavy (non-hydrogen) atoms. The predicted molar refractivity (Wildman–Crippen MR) is 115 cm³/mol. The standard InChI is InChI=1S/C20H18N8O2S/c1-29-15-5-13-11(6-24-26-13)4-14(15)25-19-18-12-2-3-28(8-17-23-10-30-27-17)7-16(12)31-20(18)22-9-21-19/h4-6,9-10H,2-3,7-8H2,1H3,(H,24,26)(H,21,22,25). The second-order valence-corrected chi connectivity index (χ2v) is 8.43. The first kappa shape index (κ1) is 18.2. The van der Waals surface area contributed by atoms with Gasteiger partial charge in [-0.15, -0.1) is 11.3 Å². The van der Waals surface area contributed by atoms with E-state index in [9.17, 15) is 0 Å². The molecule has 0 atom stereocenters. The molecule has 0 bridgehead atoms. The van der Waals surface area contributed by atoms with Gasteiger partial charge in [0.05, 0.1) is 36.4 Å². The van der Waals surface area contributed by atoms with Crippen LogP contribution in [0.1, 0.15) is 16.3 Å². The molecule has 11 heteroatoms. The van der Waals surface area contributed by atoms with Crippen LogP contribution in [0.2, 0.25) is 0 Å². The Morgan fingerprint density at radius 3 is 3.13 bits per heavy atom. The monoisotopic (exact) mass is 434 g/mol. The molecule has 5 aromatic rings. The van der Waals surface area contributed by atoms with Gasteiger partial charge in [-0.2, -0.15) is 10.1 Å². The van der Waals surface area contributed by atoms with Gasteiger partial charge in [-0.25, -0.2) is 9.97 Å². The Hall–Kier alpha value is -3.57. The van der Waals surface area contributed by atoms with E-state index in [1.165, 1.54) is 16.8 Å². The molecule has 1 aliphatic rings. The average molecular weight is 434 g/mol. The number of fused-ring (bicyclic) bond motifs is 4. The molecule has 0 saturated carbocycles. The SMILES string of the molecule is COc1cc2[nH]ncc2cc1Nc1ncnc2sc3c(c12)CCN(Cc1ncon1)C3. The Kier molecular flexibility index (Phi) is 4.28. The van der Waals surface area contributed by atoms with Gasteiger partial charge >= 0.3 is 0 Å². The second-order valence-electron chi connectivity index (χ2n) is 7.35. The fourth-order valence-electron chi connectivity index (χ4n) is 4.04. The van der Waals surface area contributed by atoms with Crippen molar-refractivity contribution >= 4 is 44.0 Å². The molecule has 0 amide bonds. The lowest BCUT2D eigenvalue weighted by atomic mass is 10.0. The lowest BCUT2D eigenvalue weighted by Gasteiger charge is -2.25. The molecule has 5 heterocycles. The molecule has 0 spiro atoms. The third kappa shape index (κ3) is 3.18. The van der Waals surface area contributed by atoms with Crippen LogP contribution in [0.15, 0.2) is 35.6 Å². The minimum atomic E-state index is 0.670. The zero-order valence-corrected chi connectivity index (χ0v) is 17.4. The van der Waals surface area contributed by atoms with Gasteiger partial charge in [0.15, 0.2) is 5.82 Å². The molecule has 0 radical (unpaired) electrons. The number of benzene rings is 1. The molecule has 4 aromatic heterocycles. The number of nitrogens with zero attached hydrogens (tertiary/aromatic N) is 6. The summed E-state index contributed by atoms with van der Waals surface area (Å²) in [6.07, 6.45) is 5.67. The van der Waals surface area contributed by atoms with E-state index in [2.05, 4.69) is 40.5 Å². The molecule has 0 aliphatic carbocycles. The summed E-state index contributed by atoms with van der Waals surface area (Å²) in [4.78, 5) is 17.8. The molecule has 1 aliphatic heterocycles. The van der Waals surface area contributed by atoms with E-state index >= 15 is 0 Å². The second kappa shape index (κ2) is 7.29. The van der Waals surface area contributed by atoms with Crippen molar-refractivity contribution < 1.29 is 9.26 Å².